The summed E-state index contributed by atoms with van der Waals surface area (Å²) in [4.78, 5) is 6.82. The van der Waals surface area contributed by atoms with Gasteiger partial charge in [0.1, 0.15) is 5.65 Å². The van der Waals surface area contributed by atoms with Crippen LogP contribution in [0, 0.1) is 0 Å². The van der Waals surface area contributed by atoms with Crippen LogP contribution in [0.15, 0.2) is 24.5 Å². The molecule has 0 N–H and O–H groups in total. The monoisotopic (exact) mass is 247 g/mol. The van der Waals surface area contributed by atoms with Crippen molar-refractivity contribution in [2.75, 3.05) is 38.3 Å². The van der Waals surface area contributed by atoms with E-state index in [-0.39, 0.29) is 0 Å². The first-order valence-corrected chi connectivity index (χ1v) is 6.16. The number of aromatic nitrogens is 2. The van der Waals surface area contributed by atoms with Gasteiger partial charge in [0.15, 0.2) is 0 Å². The maximum absolute atomic E-state index is 5.37. The van der Waals surface area contributed by atoms with Crippen molar-refractivity contribution >= 4 is 11.3 Å². The molecule has 0 aromatic carbocycles. The van der Waals surface area contributed by atoms with E-state index in [0.29, 0.717) is 6.61 Å². The first kappa shape index (κ1) is 11.5. The van der Waals surface area contributed by atoms with E-state index in [1.165, 1.54) is 5.69 Å². The molecule has 0 aliphatic carbocycles. The van der Waals surface area contributed by atoms with Gasteiger partial charge in [0, 0.05) is 32.6 Å². The smallest absolute Gasteiger partial charge is 0.137 e. The van der Waals surface area contributed by atoms with Crippen LogP contribution in [0.1, 0.15) is 5.69 Å². The van der Waals surface area contributed by atoms with Crippen LogP contribution in [0.2, 0.25) is 0 Å². The summed E-state index contributed by atoms with van der Waals surface area (Å²) in [5.41, 5.74) is 3.13. The van der Waals surface area contributed by atoms with Gasteiger partial charge in [0.05, 0.1) is 31.2 Å². The summed E-state index contributed by atoms with van der Waals surface area (Å²) in [6.07, 6.45) is 4.13. The molecule has 3 heterocycles. The van der Waals surface area contributed by atoms with Crippen molar-refractivity contribution in [3.05, 3.63) is 30.2 Å². The molecule has 5 nitrogen and oxygen atoms in total. The molecule has 5 heteroatoms. The summed E-state index contributed by atoms with van der Waals surface area (Å²) in [5.74, 6) is 0. The number of methoxy groups -OCH3 is 1. The van der Waals surface area contributed by atoms with Crippen molar-refractivity contribution in [2.45, 2.75) is 6.61 Å². The SMILES string of the molecule is COCc1cn2cc(N3CCOCC3)ccc2n1. The number of ether oxygens (including phenoxy) is 2. The third kappa shape index (κ3) is 2.19. The number of morpholine rings is 1. The molecule has 0 amide bonds. The summed E-state index contributed by atoms with van der Waals surface area (Å²) in [5, 5.41) is 0. The van der Waals surface area contributed by atoms with Crippen LogP contribution in [0.4, 0.5) is 5.69 Å². The lowest BCUT2D eigenvalue weighted by Gasteiger charge is -2.28. The van der Waals surface area contributed by atoms with Crippen molar-refractivity contribution in [3.8, 4) is 0 Å². The molecule has 0 bridgehead atoms. The van der Waals surface area contributed by atoms with E-state index < -0.39 is 0 Å². The molecule has 96 valence electrons. The minimum absolute atomic E-state index is 0.550. The van der Waals surface area contributed by atoms with Gasteiger partial charge in [-0.15, -0.1) is 0 Å². The molecular formula is C13H17N3O2. The minimum atomic E-state index is 0.550. The van der Waals surface area contributed by atoms with Crippen molar-refractivity contribution < 1.29 is 9.47 Å². The van der Waals surface area contributed by atoms with E-state index in [4.69, 9.17) is 9.47 Å². The second kappa shape index (κ2) is 4.96. The van der Waals surface area contributed by atoms with Gasteiger partial charge in [-0.2, -0.15) is 0 Å². The summed E-state index contributed by atoms with van der Waals surface area (Å²) in [6.45, 7) is 4.05. The Bertz CT molecular complexity index is 532. The molecule has 1 aliphatic rings. The van der Waals surface area contributed by atoms with Gasteiger partial charge >= 0.3 is 0 Å². The van der Waals surface area contributed by atoms with Gasteiger partial charge in [0.2, 0.25) is 0 Å². The third-order valence-electron chi connectivity index (χ3n) is 3.15. The van der Waals surface area contributed by atoms with Gasteiger partial charge in [-0.05, 0) is 12.1 Å². The fourth-order valence-electron chi connectivity index (χ4n) is 2.26. The molecule has 0 saturated carbocycles. The Labute approximate surface area is 106 Å². The zero-order valence-corrected chi connectivity index (χ0v) is 10.5. The molecule has 0 unspecified atom stereocenters. The van der Waals surface area contributed by atoms with Gasteiger partial charge in [-0.3, -0.25) is 0 Å². The molecule has 1 aliphatic heterocycles. The van der Waals surface area contributed by atoms with Crippen molar-refractivity contribution in [2.24, 2.45) is 0 Å². The zero-order chi connectivity index (χ0) is 12.4. The first-order chi connectivity index (χ1) is 8.86. The van der Waals surface area contributed by atoms with E-state index in [0.717, 1.165) is 37.6 Å². The molecule has 18 heavy (non-hydrogen) atoms. The predicted octanol–water partition coefficient (Wildman–Crippen LogP) is 1.32. The van der Waals surface area contributed by atoms with Crippen LogP contribution in [-0.2, 0) is 16.1 Å². The molecular weight excluding hydrogens is 230 g/mol. The number of nitrogens with zero attached hydrogens (tertiary/aromatic N) is 3. The van der Waals surface area contributed by atoms with Crippen LogP contribution in [0.3, 0.4) is 0 Å². The molecule has 2 aromatic heterocycles. The molecule has 0 radical (unpaired) electrons. The lowest BCUT2D eigenvalue weighted by molar-refractivity contribution is 0.122. The van der Waals surface area contributed by atoms with Crippen LogP contribution >= 0.6 is 0 Å². The largest absolute Gasteiger partial charge is 0.378 e. The van der Waals surface area contributed by atoms with Crippen molar-refractivity contribution in [1.82, 2.24) is 9.38 Å². The Morgan fingerprint density at radius 3 is 2.89 bits per heavy atom. The highest BCUT2D eigenvalue weighted by molar-refractivity contribution is 5.52. The highest BCUT2D eigenvalue weighted by Crippen LogP contribution is 2.17. The number of pyridine rings is 1. The predicted molar refractivity (Wildman–Crippen MR) is 68.9 cm³/mol. The van der Waals surface area contributed by atoms with Gasteiger partial charge in [0.25, 0.3) is 0 Å². The van der Waals surface area contributed by atoms with Crippen LogP contribution < -0.4 is 4.90 Å². The molecule has 1 fully saturated rings. The van der Waals surface area contributed by atoms with Crippen molar-refractivity contribution in [1.29, 1.82) is 0 Å². The second-order valence-electron chi connectivity index (χ2n) is 4.42. The lowest BCUT2D eigenvalue weighted by atomic mass is 10.3. The van der Waals surface area contributed by atoms with Gasteiger partial charge in [-0.25, -0.2) is 4.98 Å². The lowest BCUT2D eigenvalue weighted by Crippen LogP contribution is -2.36. The Balaban J connectivity index is 1.89. The average Bonchev–Trinajstić information content (AvgIpc) is 2.81. The second-order valence-corrected chi connectivity index (χ2v) is 4.42. The van der Waals surface area contributed by atoms with Crippen LogP contribution in [0.25, 0.3) is 5.65 Å². The standard InChI is InChI=1S/C13H17N3O2/c1-17-10-11-8-16-9-12(2-3-13(16)14-11)15-4-6-18-7-5-15/h2-3,8-9H,4-7,10H2,1H3. The topological polar surface area (TPSA) is 39.0 Å². The average molecular weight is 247 g/mol. The molecule has 0 spiro atoms. The molecule has 2 aromatic rings. The van der Waals surface area contributed by atoms with E-state index in [1.807, 2.05) is 12.3 Å². The summed E-state index contributed by atoms with van der Waals surface area (Å²) in [6, 6.07) is 4.16. The number of hydrogen-bond acceptors (Lipinski definition) is 4. The summed E-state index contributed by atoms with van der Waals surface area (Å²) >= 11 is 0. The maximum Gasteiger partial charge on any atom is 0.137 e. The van der Waals surface area contributed by atoms with Gasteiger partial charge < -0.3 is 18.8 Å². The van der Waals surface area contributed by atoms with Gasteiger partial charge in [-0.1, -0.05) is 0 Å². The summed E-state index contributed by atoms with van der Waals surface area (Å²) < 4.78 is 12.5. The molecule has 1 saturated heterocycles. The quantitative estimate of drug-likeness (QED) is 0.820. The van der Waals surface area contributed by atoms with Crippen molar-refractivity contribution in [3.63, 3.8) is 0 Å². The Morgan fingerprint density at radius 2 is 2.11 bits per heavy atom. The van der Waals surface area contributed by atoms with E-state index >= 15 is 0 Å². The number of rotatable bonds is 3. The summed E-state index contributed by atoms with van der Waals surface area (Å²) in [7, 11) is 1.68. The maximum atomic E-state index is 5.37. The highest BCUT2D eigenvalue weighted by Gasteiger charge is 2.12. The van der Waals surface area contributed by atoms with Crippen LogP contribution in [0.5, 0.6) is 0 Å². The normalized spacial score (nSPS) is 16.4. The zero-order valence-electron chi connectivity index (χ0n) is 10.5. The number of imidazole rings is 1. The minimum Gasteiger partial charge on any atom is -0.378 e. The fourth-order valence-corrected chi connectivity index (χ4v) is 2.26. The number of hydrogen-bond donors (Lipinski definition) is 0. The third-order valence-corrected chi connectivity index (χ3v) is 3.15. The Hall–Kier alpha value is -1.59. The first-order valence-electron chi connectivity index (χ1n) is 6.16. The molecule has 0 atom stereocenters. The fraction of sp³-hybridized carbons (Fsp3) is 0.462. The number of fused-ring (bicyclic) bond motifs is 1. The Kier molecular flexibility index (Phi) is 3.17. The molecule has 3 rings (SSSR count). The number of anilines is 1. The van der Waals surface area contributed by atoms with E-state index in [2.05, 4.69) is 26.5 Å². The van der Waals surface area contributed by atoms with E-state index in [9.17, 15) is 0 Å². The highest BCUT2D eigenvalue weighted by atomic mass is 16.5. The van der Waals surface area contributed by atoms with E-state index in [1.54, 1.807) is 7.11 Å². The Morgan fingerprint density at radius 1 is 1.28 bits per heavy atom. The van der Waals surface area contributed by atoms with Crippen LogP contribution in [-0.4, -0.2) is 42.8 Å².